The van der Waals surface area contributed by atoms with Crippen molar-refractivity contribution in [3.05, 3.63) is 64.1 Å². The SMILES string of the molecule is c1ccc(CCn2nnnc2[C@@H](c2cccs2)[NH+]2CCOCC2)cc1. The van der Waals surface area contributed by atoms with Crippen molar-refractivity contribution in [2.75, 3.05) is 26.3 Å². The number of tetrazole rings is 1. The fraction of sp³-hybridized carbons (Fsp3) is 0.389. The van der Waals surface area contributed by atoms with E-state index < -0.39 is 0 Å². The first-order valence-corrected chi connectivity index (χ1v) is 9.55. The summed E-state index contributed by atoms with van der Waals surface area (Å²) >= 11 is 1.78. The summed E-state index contributed by atoms with van der Waals surface area (Å²) in [4.78, 5) is 2.79. The summed E-state index contributed by atoms with van der Waals surface area (Å²) < 4.78 is 7.52. The Morgan fingerprint density at radius 1 is 1.12 bits per heavy atom. The number of thiophene rings is 1. The van der Waals surface area contributed by atoms with Crippen LogP contribution in [0, 0.1) is 0 Å². The fourth-order valence-electron chi connectivity index (χ4n) is 3.35. The van der Waals surface area contributed by atoms with Gasteiger partial charge in [0.25, 0.3) is 0 Å². The molecule has 0 amide bonds. The van der Waals surface area contributed by atoms with Crippen LogP contribution in [0.4, 0.5) is 0 Å². The van der Waals surface area contributed by atoms with Crippen LogP contribution in [0.5, 0.6) is 0 Å². The smallest absolute Gasteiger partial charge is 0.215 e. The first-order valence-electron chi connectivity index (χ1n) is 8.67. The first kappa shape index (κ1) is 16.4. The van der Waals surface area contributed by atoms with E-state index >= 15 is 0 Å². The molecular weight excluding hydrogens is 334 g/mol. The lowest BCUT2D eigenvalue weighted by atomic mass is 10.1. The topological polar surface area (TPSA) is 57.3 Å². The van der Waals surface area contributed by atoms with Gasteiger partial charge in [-0.05, 0) is 33.9 Å². The molecule has 0 radical (unpaired) electrons. The van der Waals surface area contributed by atoms with Crippen molar-refractivity contribution in [3.8, 4) is 0 Å². The number of ether oxygens (including phenoxy) is 1. The van der Waals surface area contributed by atoms with Crippen LogP contribution in [-0.2, 0) is 17.7 Å². The van der Waals surface area contributed by atoms with Crippen molar-refractivity contribution >= 4 is 11.3 Å². The van der Waals surface area contributed by atoms with Gasteiger partial charge in [0.15, 0.2) is 6.04 Å². The molecule has 6 nitrogen and oxygen atoms in total. The van der Waals surface area contributed by atoms with Crippen molar-refractivity contribution in [2.45, 2.75) is 19.0 Å². The highest BCUT2D eigenvalue weighted by molar-refractivity contribution is 7.10. The number of morpholine rings is 1. The molecule has 3 heterocycles. The zero-order chi connectivity index (χ0) is 16.9. The molecule has 3 aromatic rings. The second kappa shape index (κ2) is 7.86. The Morgan fingerprint density at radius 3 is 2.72 bits per heavy atom. The van der Waals surface area contributed by atoms with E-state index in [2.05, 4.69) is 57.3 Å². The van der Waals surface area contributed by atoms with Crippen LogP contribution in [0.2, 0.25) is 0 Å². The maximum Gasteiger partial charge on any atom is 0.215 e. The molecule has 1 atom stereocenters. The van der Waals surface area contributed by atoms with E-state index in [0.29, 0.717) is 0 Å². The van der Waals surface area contributed by atoms with Gasteiger partial charge in [0, 0.05) is 6.54 Å². The number of aromatic nitrogens is 4. The zero-order valence-corrected chi connectivity index (χ0v) is 14.9. The van der Waals surface area contributed by atoms with Crippen LogP contribution in [0.15, 0.2) is 47.8 Å². The van der Waals surface area contributed by atoms with Crippen LogP contribution in [0.1, 0.15) is 22.3 Å². The fourth-order valence-corrected chi connectivity index (χ4v) is 4.23. The molecule has 25 heavy (non-hydrogen) atoms. The molecule has 4 rings (SSSR count). The van der Waals surface area contributed by atoms with Gasteiger partial charge in [-0.15, -0.1) is 16.4 Å². The molecule has 0 spiro atoms. The predicted molar refractivity (Wildman–Crippen MR) is 95.6 cm³/mol. The minimum absolute atomic E-state index is 0.176. The third-order valence-corrected chi connectivity index (χ3v) is 5.58. The summed E-state index contributed by atoms with van der Waals surface area (Å²) in [6, 6.07) is 14.9. The number of hydrogen-bond acceptors (Lipinski definition) is 5. The summed E-state index contributed by atoms with van der Waals surface area (Å²) in [6.45, 7) is 4.34. The summed E-state index contributed by atoms with van der Waals surface area (Å²) in [7, 11) is 0. The minimum atomic E-state index is 0.176. The van der Waals surface area contributed by atoms with Gasteiger partial charge >= 0.3 is 0 Å². The standard InChI is InChI=1S/C18H21N5OS/c1-2-5-15(6-3-1)8-9-23-18(19-20-21-23)17(16-7-4-14-25-16)22-10-12-24-13-11-22/h1-7,14,17H,8-13H2/p+1/t17-/m1/s1. The quantitative estimate of drug-likeness (QED) is 0.715. The Labute approximate surface area is 151 Å². The summed E-state index contributed by atoms with van der Waals surface area (Å²) in [5.74, 6) is 0.954. The number of quaternary nitrogens is 1. The van der Waals surface area contributed by atoms with Crippen LogP contribution < -0.4 is 4.90 Å². The van der Waals surface area contributed by atoms with Gasteiger partial charge < -0.3 is 9.64 Å². The van der Waals surface area contributed by atoms with Crippen LogP contribution in [0.3, 0.4) is 0 Å². The average molecular weight is 356 g/mol. The van der Waals surface area contributed by atoms with Crippen molar-refractivity contribution in [1.82, 2.24) is 20.2 Å². The van der Waals surface area contributed by atoms with E-state index in [1.54, 1.807) is 11.3 Å². The molecule has 1 N–H and O–H groups in total. The maximum atomic E-state index is 5.54. The Hall–Kier alpha value is -2.09. The van der Waals surface area contributed by atoms with E-state index in [4.69, 9.17) is 4.74 Å². The molecule has 1 aromatic carbocycles. The molecule has 0 bridgehead atoms. The van der Waals surface area contributed by atoms with Crippen molar-refractivity contribution in [3.63, 3.8) is 0 Å². The van der Waals surface area contributed by atoms with E-state index in [1.165, 1.54) is 15.3 Å². The number of aryl methyl sites for hydroxylation is 2. The molecule has 2 aromatic heterocycles. The molecule has 0 saturated carbocycles. The van der Waals surface area contributed by atoms with E-state index in [0.717, 1.165) is 45.1 Å². The highest BCUT2D eigenvalue weighted by Crippen LogP contribution is 2.22. The lowest BCUT2D eigenvalue weighted by Crippen LogP contribution is -3.14. The van der Waals surface area contributed by atoms with Crippen molar-refractivity contribution in [1.29, 1.82) is 0 Å². The van der Waals surface area contributed by atoms with E-state index in [9.17, 15) is 0 Å². The highest BCUT2D eigenvalue weighted by Gasteiger charge is 2.33. The number of benzene rings is 1. The van der Waals surface area contributed by atoms with Crippen LogP contribution in [0.25, 0.3) is 0 Å². The number of nitrogens with zero attached hydrogens (tertiary/aromatic N) is 4. The van der Waals surface area contributed by atoms with Gasteiger partial charge in [0.1, 0.15) is 13.1 Å². The largest absolute Gasteiger partial charge is 0.370 e. The molecule has 1 fully saturated rings. The lowest BCUT2D eigenvalue weighted by Gasteiger charge is -2.30. The summed E-state index contributed by atoms with van der Waals surface area (Å²) in [6.07, 6.45) is 0.925. The maximum absolute atomic E-state index is 5.54. The minimum Gasteiger partial charge on any atom is -0.370 e. The van der Waals surface area contributed by atoms with Gasteiger partial charge in [-0.2, -0.15) is 0 Å². The second-order valence-electron chi connectivity index (χ2n) is 6.21. The van der Waals surface area contributed by atoms with Crippen molar-refractivity contribution < 1.29 is 9.64 Å². The van der Waals surface area contributed by atoms with E-state index in [-0.39, 0.29) is 6.04 Å². The molecule has 0 unspecified atom stereocenters. The van der Waals surface area contributed by atoms with Gasteiger partial charge in [0.2, 0.25) is 5.82 Å². The molecule has 7 heteroatoms. The van der Waals surface area contributed by atoms with Gasteiger partial charge in [-0.25, -0.2) is 4.68 Å². The van der Waals surface area contributed by atoms with Gasteiger partial charge in [0.05, 0.1) is 18.1 Å². The Bertz CT molecular complexity index is 768. The molecule has 1 aliphatic heterocycles. The molecule has 0 aliphatic carbocycles. The monoisotopic (exact) mass is 356 g/mol. The van der Waals surface area contributed by atoms with Gasteiger partial charge in [-0.3, -0.25) is 0 Å². The summed E-state index contributed by atoms with van der Waals surface area (Å²) in [5.41, 5.74) is 1.30. The number of nitrogens with one attached hydrogen (secondary N) is 1. The third kappa shape index (κ3) is 3.78. The van der Waals surface area contributed by atoms with Crippen LogP contribution in [-0.4, -0.2) is 46.5 Å². The predicted octanol–water partition coefficient (Wildman–Crippen LogP) is 0.982. The van der Waals surface area contributed by atoms with Crippen molar-refractivity contribution in [2.24, 2.45) is 0 Å². The second-order valence-corrected chi connectivity index (χ2v) is 7.19. The lowest BCUT2D eigenvalue weighted by molar-refractivity contribution is -0.933. The normalized spacial score (nSPS) is 16.8. The number of hydrogen-bond donors (Lipinski definition) is 1. The third-order valence-electron chi connectivity index (χ3n) is 4.64. The average Bonchev–Trinajstić information content (AvgIpc) is 3.35. The molecule has 1 aliphatic rings. The Kier molecular flexibility index (Phi) is 5.15. The zero-order valence-electron chi connectivity index (χ0n) is 14.0. The highest BCUT2D eigenvalue weighted by atomic mass is 32.1. The number of rotatable bonds is 6. The summed E-state index contributed by atoms with van der Waals surface area (Å²) in [5, 5.41) is 14.8. The van der Waals surface area contributed by atoms with E-state index in [1.807, 2.05) is 10.7 Å². The Morgan fingerprint density at radius 2 is 1.96 bits per heavy atom. The molecule has 130 valence electrons. The molecular formula is C18H22N5OS+. The van der Waals surface area contributed by atoms with Crippen LogP contribution >= 0.6 is 11.3 Å². The molecule has 1 saturated heterocycles. The van der Waals surface area contributed by atoms with Gasteiger partial charge in [-0.1, -0.05) is 36.4 Å². The Balaban J connectivity index is 1.58. The first-order chi connectivity index (χ1) is 12.4.